The van der Waals surface area contributed by atoms with Gasteiger partial charge in [0, 0.05) is 19.0 Å². The summed E-state index contributed by atoms with van der Waals surface area (Å²) in [4.78, 5) is 12.8. The van der Waals surface area contributed by atoms with Gasteiger partial charge in [0.1, 0.15) is 5.01 Å². The minimum Gasteiger partial charge on any atom is -0.481 e. The quantitative estimate of drug-likeness (QED) is 0.670. The second kappa shape index (κ2) is 8.89. The third-order valence-corrected chi connectivity index (χ3v) is 4.36. The van der Waals surface area contributed by atoms with Crippen molar-refractivity contribution in [2.24, 2.45) is 0 Å². The lowest BCUT2D eigenvalue weighted by Crippen LogP contribution is -2.27. The first-order valence-electron chi connectivity index (χ1n) is 7.34. The number of rotatable bonds is 10. The van der Waals surface area contributed by atoms with E-state index in [1.54, 1.807) is 11.3 Å². The largest absolute Gasteiger partial charge is 0.481 e. The Hall–Kier alpha value is -1.17. The van der Waals surface area contributed by atoms with Crippen molar-refractivity contribution in [3.63, 3.8) is 0 Å². The van der Waals surface area contributed by atoms with Crippen molar-refractivity contribution in [2.45, 2.75) is 58.8 Å². The van der Waals surface area contributed by atoms with E-state index < -0.39 is 5.97 Å². The molecule has 114 valence electrons. The van der Waals surface area contributed by atoms with E-state index in [0.29, 0.717) is 12.5 Å². The molecule has 0 atom stereocenters. The molecule has 0 aliphatic carbocycles. The highest BCUT2D eigenvalue weighted by molar-refractivity contribution is 7.15. The number of anilines is 1. The number of aromatic nitrogens is 2. The standard InChI is InChI=1S/C14H25N3O2S/c1-4-5-6-7-9-17(10-8-12(18)19)14-16-15-13(20-14)11(2)3/h11H,4-10H2,1-3H3,(H,18,19). The highest BCUT2D eigenvalue weighted by Gasteiger charge is 2.15. The van der Waals surface area contributed by atoms with Gasteiger partial charge < -0.3 is 10.0 Å². The van der Waals surface area contributed by atoms with Gasteiger partial charge in [-0.15, -0.1) is 10.2 Å². The SMILES string of the molecule is CCCCCCN(CCC(=O)O)c1nnc(C(C)C)s1. The van der Waals surface area contributed by atoms with Crippen LogP contribution in [-0.4, -0.2) is 34.4 Å². The monoisotopic (exact) mass is 299 g/mol. The van der Waals surface area contributed by atoms with E-state index in [-0.39, 0.29) is 6.42 Å². The van der Waals surface area contributed by atoms with E-state index in [9.17, 15) is 4.79 Å². The Morgan fingerprint density at radius 2 is 2.00 bits per heavy atom. The zero-order chi connectivity index (χ0) is 15.0. The van der Waals surface area contributed by atoms with Gasteiger partial charge >= 0.3 is 5.97 Å². The van der Waals surface area contributed by atoms with Gasteiger partial charge in [0.2, 0.25) is 5.13 Å². The molecular formula is C14H25N3O2S. The molecule has 1 aromatic heterocycles. The fourth-order valence-electron chi connectivity index (χ4n) is 1.85. The maximum Gasteiger partial charge on any atom is 0.305 e. The number of hydrogen-bond acceptors (Lipinski definition) is 5. The molecule has 0 saturated heterocycles. The predicted molar refractivity (Wildman–Crippen MR) is 82.6 cm³/mol. The molecule has 1 N–H and O–H groups in total. The Bertz CT molecular complexity index is 407. The molecule has 0 spiro atoms. The van der Waals surface area contributed by atoms with E-state index in [4.69, 9.17) is 5.11 Å². The van der Waals surface area contributed by atoms with Crippen LogP contribution in [0.2, 0.25) is 0 Å². The molecule has 0 bridgehead atoms. The molecule has 0 radical (unpaired) electrons. The van der Waals surface area contributed by atoms with Crippen LogP contribution in [0.5, 0.6) is 0 Å². The number of carboxylic acids is 1. The molecule has 0 aliphatic rings. The summed E-state index contributed by atoms with van der Waals surface area (Å²) in [6.07, 6.45) is 4.82. The molecule has 0 unspecified atom stereocenters. The van der Waals surface area contributed by atoms with Crippen LogP contribution in [0, 0.1) is 0 Å². The first-order valence-corrected chi connectivity index (χ1v) is 8.16. The van der Waals surface area contributed by atoms with Crippen LogP contribution in [0.1, 0.15) is 63.8 Å². The molecule has 0 aliphatic heterocycles. The lowest BCUT2D eigenvalue weighted by atomic mass is 10.2. The molecule has 20 heavy (non-hydrogen) atoms. The Morgan fingerprint density at radius 3 is 2.55 bits per heavy atom. The summed E-state index contributed by atoms with van der Waals surface area (Å²) in [6.45, 7) is 7.73. The van der Waals surface area contributed by atoms with Crippen LogP contribution in [-0.2, 0) is 4.79 Å². The number of unbranched alkanes of at least 4 members (excludes halogenated alkanes) is 3. The Balaban J connectivity index is 2.61. The van der Waals surface area contributed by atoms with E-state index in [2.05, 4.69) is 35.9 Å². The Kier molecular flexibility index (Phi) is 7.51. The van der Waals surface area contributed by atoms with Crippen LogP contribution in [0.25, 0.3) is 0 Å². The van der Waals surface area contributed by atoms with Crippen molar-refractivity contribution in [1.82, 2.24) is 10.2 Å². The summed E-state index contributed by atoms with van der Waals surface area (Å²) in [5, 5.41) is 19.1. The lowest BCUT2D eigenvalue weighted by Gasteiger charge is -2.20. The molecule has 5 nitrogen and oxygen atoms in total. The molecule has 1 aromatic rings. The summed E-state index contributed by atoms with van der Waals surface area (Å²) < 4.78 is 0. The second-order valence-electron chi connectivity index (χ2n) is 5.27. The zero-order valence-corrected chi connectivity index (χ0v) is 13.4. The van der Waals surface area contributed by atoms with Crippen molar-refractivity contribution < 1.29 is 9.90 Å². The molecule has 0 fully saturated rings. The Labute approximate surface area is 125 Å². The average molecular weight is 299 g/mol. The predicted octanol–water partition coefficient (Wildman–Crippen LogP) is 3.52. The maximum absolute atomic E-state index is 10.8. The summed E-state index contributed by atoms with van der Waals surface area (Å²) >= 11 is 1.58. The van der Waals surface area contributed by atoms with Gasteiger partial charge in [0.25, 0.3) is 0 Å². The number of aliphatic carboxylic acids is 1. The van der Waals surface area contributed by atoms with E-state index in [0.717, 1.165) is 23.1 Å². The molecular weight excluding hydrogens is 274 g/mol. The fourth-order valence-corrected chi connectivity index (χ4v) is 2.75. The normalized spacial score (nSPS) is 11.0. The number of hydrogen-bond donors (Lipinski definition) is 1. The van der Waals surface area contributed by atoms with Gasteiger partial charge in [-0.2, -0.15) is 0 Å². The molecule has 1 rings (SSSR count). The van der Waals surface area contributed by atoms with Crippen molar-refractivity contribution in [3.05, 3.63) is 5.01 Å². The topological polar surface area (TPSA) is 66.3 Å². The van der Waals surface area contributed by atoms with E-state index in [1.165, 1.54) is 19.3 Å². The van der Waals surface area contributed by atoms with Crippen LogP contribution in [0.4, 0.5) is 5.13 Å². The first kappa shape index (κ1) is 16.9. The molecule has 1 heterocycles. The molecule has 0 amide bonds. The number of nitrogens with zero attached hydrogens (tertiary/aromatic N) is 3. The van der Waals surface area contributed by atoms with Gasteiger partial charge in [-0.05, 0) is 6.42 Å². The third kappa shape index (κ3) is 5.86. The fraction of sp³-hybridized carbons (Fsp3) is 0.786. The third-order valence-electron chi connectivity index (χ3n) is 3.07. The van der Waals surface area contributed by atoms with Gasteiger partial charge in [-0.1, -0.05) is 51.4 Å². The highest BCUT2D eigenvalue weighted by atomic mass is 32.1. The van der Waals surface area contributed by atoms with Gasteiger partial charge in [0.05, 0.1) is 6.42 Å². The summed E-state index contributed by atoms with van der Waals surface area (Å²) in [6, 6.07) is 0. The highest BCUT2D eigenvalue weighted by Crippen LogP contribution is 2.26. The second-order valence-corrected chi connectivity index (χ2v) is 6.26. The average Bonchev–Trinajstić information content (AvgIpc) is 2.87. The lowest BCUT2D eigenvalue weighted by molar-refractivity contribution is -0.136. The maximum atomic E-state index is 10.8. The number of carbonyl (C=O) groups is 1. The molecule has 6 heteroatoms. The summed E-state index contributed by atoms with van der Waals surface area (Å²) in [5.74, 6) is -0.403. The van der Waals surface area contributed by atoms with E-state index >= 15 is 0 Å². The van der Waals surface area contributed by atoms with Gasteiger partial charge in [0.15, 0.2) is 0 Å². The smallest absolute Gasteiger partial charge is 0.305 e. The zero-order valence-electron chi connectivity index (χ0n) is 12.6. The van der Waals surface area contributed by atoms with E-state index in [1.807, 2.05) is 0 Å². The van der Waals surface area contributed by atoms with Crippen molar-refractivity contribution in [1.29, 1.82) is 0 Å². The minimum absolute atomic E-state index is 0.143. The summed E-state index contributed by atoms with van der Waals surface area (Å²) in [5.41, 5.74) is 0. The van der Waals surface area contributed by atoms with Crippen LogP contribution >= 0.6 is 11.3 Å². The Morgan fingerprint density at radius 1 is 1.25 bits per heavy atom. The minimum atomic E-state index is -0.767. The van der Waals surface area contributed by atoms with Crippen molar-refractivity contribution in [2.75, 3.05) is 18.0 Å². The molecule has 0 aromatic carbocycles. The van der Waals surface area contributed by atoms with Crippen LogP contribution in [0.15, 0.2) is 0 Å². The molecule has 0 saturated carbocycles. The van der Waals surface area contributed by atoms with Gasteiger partial charge in [-0.3, -0.25) is 4.79 Å². The van der Waals surface area contributed by atoms with Crippen molar-refractivity contribution >= 4 is 22.4 Å². The van der Waals surface area contributed by atoms with Crippen molar-refractivity contribution in [3.8, 4) is 0 Å². The number of carboxylic acid groups (broad SMARTS) is 1. The summed E-state index contributed by atoms with van der Waals surface area (Å²) in [7, 11) is 0. The van der Waals surface area contributed by atoms with Crippen LogP contribution in [0.3, 0.4) is 0 Å². The van der Waals surface area contributed by atoms with Gasteiger partial charge in [-0.25, -0.2) is 0 Å². The van der Waals surface area contributed by atoms with Crippen LogP contribution < -0.4 is 4.90 Å². The first-order chi connectivity index (χ1) is 9.54.